The third kappa shape index (κ3) is 3.16. The Labute approximate surface area is 115 Å². The fraction of sp³-hybridized carbons (Fsp3) is 0.500. The van der Waals surface area contributed by atoms with Gasteiger partial charge in [0.05, 0.1) is 5.69 Å². The van der Waals surface area contributed by atoms with Crippen molar-refractivity contribution in [1.82, 2.24) is 15.2 Å². The maximum Gasteiger partial charge on any atom is 0.270 e. The summed E-state index contributed by atoms with van der Waals surface area (Å²) in [6, 6.07) is 3.97. The zero-order valence-electron chi connectivity index (χ0n) is 10.0. The molecule has 5 heteroatoms. The minimum absolute atomic E-state index is 0.0650. The van der Waals surface area contributed by atoms with Crippen LogP contribution in [-0.4, -0.2) is 42.0 Å². The van der Waals surface area contributed by atoms with Gasteiger partial charge in [-0.2, -0.15) is 0 Å². The molecule has 1 N–H and O–H groups in total. The van der Waals surface area contributed by atoms with Crippen molar-refractivity contribution >= 4 is 28.5 Å². The van der Waals surface area contributed by atoms with Crippen LogP contribution in [0.25, 0.3) is 0 Å². The van der Waals surface area contributed by atoms with Crippen LogP contribution < -0.4 is 5.32 Å². The van der Waals surface area contributed by atoms with Gasteiger partial charge in [0.15, 0.2) is 0 Å². The van der Waals surface area contributed by atoms with Gasteiger partial charge in [-0.15, -0.1) is 0 Å². The molecule has 0 saturated carbocycles. The van der Waals surface area contributed by atoms with Crippen molar-refractivity contribution in [2.45, 2.75) is 19.4 Å². The molecule has 0 unspecified atom stereocenters. The van der Waals surface area contributed by atoms with Gasteiger partial charge < -0.3 is 10.2 Å². The number of halogens is 1. The van der Waals surface area contributed by atoms with Gasteiger partial charge in [0.25, 0.3) is 5.91 Å². The number of carbonyl (C=O) groups excluding carboxylic acids is 1. The third-order valence-electron chi connectivity index (χ3n) is 2.98. The number of likely N-dealkylation sites (tertiary alicyclic amines) is 1. The van der Waals surface area contributed by atoms with Gasteiger partial charge in [-0.25, -0.2) is 4.98 Å². The van der Waals surface area contributed by atoms with Crippen LogP contribution in [0, 0.1) is 10.5 Å². The number of likely N-dealkylation sites (N-methyl/N-ethyl adjacent to an activating group) is 1. The van der Waals surface area contributed by atoms with E-state index in [-0.39, 0.29) is 11.9 Å². The number of carbonyl (C=O) groups is 1. The van der Waals surface area contributed by atoms with E-state index in [0.717, 1.165) is 28.8 Å². The van der Waals surface area contributed by atoms with Gasteiger partial charge in [-0.3, -0.25) is 4.79 Å². The van der Waals surface area contributed by atoms with E-state index in [2.05, 4.69) is 44.8 Å². The topological polar surface area (TPSA) is 45.2 Å². The molecule has 0 radical (unpaired) electrons. The summed E-state index contributed by atoms with van der Waals surface area (Å²) in [5, 5.41) is 3.03. The molecule has 1 saturated heterocycles. The molecule has 1 aliphatic heterocycles. The minimum Gasteiger partial charge on any atom is -0.347 e. The molecule has 0 aliphatic carbocycles. The van der Waals surface area contributed by atoms with E-state index in [1.165, 1.54) is 0 Å². The van der Waals surface area contributed by atoms with E-state index in [1.54, 1.807) is 6.07 Å². The number of aryl methyl sites for hydroxylation is 1. The fourth-order valence-corrected chi connectivity index (χ4v) is 2.28. The number of nitrogens with one attached hydrogen (secondary N) is 1. The maximum atomic E-state index is 12.0. The van der Waals surface area contributed by atoms with Crippen molar-refractivity contribution in [3.05, 3.63) is 27.1 Å². The number of pyridine rings is 1. The number of hydrogen-bond donors (Lipinski definition) is 1. The number of amides is 1. The number of hydrogen-bond acceptors (Lipinski definition) is 3. The quantitative estimate of drug-likeness (QED) is 0.825. The summed E-state index contributed by atoms with van der Waals surface area (Å²) in [5.41, 5.74) is 1.42. The van der Waals surface area contributed by atoms with Gasteiger partial charge in [-0.1, -0.05) is 0 Å². The van der Waals surface area contributed by atoms with Crippen LogP contribution in [0.2, 0.25) is 0 Å². The molecule has 17 heavy (non-hydrogen) atoms. The Morgan fingerprint density at radius 3 is 2.94 bits per heavy atom. The van der Waals surface area contributed by atoms with Crippen LogP contribution in [0.4, 0.5) is 0 Å². The van der Waals surface area contributed by atoms with E-state index >= 15 is 0 Å². The second kappa shape index (κ2) is 5.30. The zero-order valence-corrected chi connectivity index (χ0v) is 12.2. The molecule has 0 spiro atoms. The molecule has 4 nitrogen and oxygen atoms in total. The summed E-state index contributed by atoms with van der Waals surface area (Å²) in [6.45, 7) is 3.89. The van der Waals surface area contributed by atoms with E-state index in [4.69, 9.17) is 0 Å². The average molecular weight is 345 g/mol. The smallest absolute Gasteiger partial charge is 0.270 e. The summed E-state index contributed by atoms with van der Waals surface area (Å²) in [6.07, 6.45) is 1.02. The average Bonchev–Trinajstić information content (AvgIpc) is 2.68. The lowest BCUT2D eigenvalue weighted by atomic mass is 10.2. The van der Waals surface area contributed by atoms with Crippen LogP contribution in [0.1, 0.15) is 22.6 Å². The van der Waals surface area contributed by atoms with Crippen LogP contribution in [0.15, 0.2) is 12.1 Å². The monoisotopic (exact) mass is 345 g/mol. The molecule has 0 bridgehead atoms. The predicted molar refractivity (Wildman–Crippen MR) is 75.1 cm³/mol. The lowest BCUT2D eigenvalue weighted by molar-refractivity contribution is 0.0933. The Kier molecular flexibility index (Phi) is 3.98. The first-order chi connectivity index (χ1) is 8.06. The van der Waals surface area contributed by atoms with E-state index in [1.807, 2.05) is 13.0 Å². The normalized spacial score (nSPS) is 20.5. The Bertz CT molecular complexity index is 436. The highest BCUT2D eigenvalue weighted by Gasteiger charge is 2.22. The molecule has 0 aromatic carbocycles. The highest BCUT2D eigenvalue weighted by atomic mass is 127. The second-order valence-electron chi connectivity index (χ2n) is 4.49. The van der Waals surface area contributed by atoms with Gasteiger partial charge in [0.1, 0.15) is 5.69 Å². The second-order valence-corrected chi connectivity index (χ2v) is 5.65. The van der Waals surface area contributed by atoms with E-state index < -0.39 is 0 Å². The molecule has 1 aliphatic rings. The number of rotatable bonds is 2. The fourth-order valence-electron chi connectivity index (χ4n) is 1.98. The Morgan fingerprint density at radius 2 is 2.35 bits per heavy atom. The van der Waals surface area contributed by atoms with Gasteiger partial charge in [0, 0.05) is 16.2 Å². The van der Waals surface area contributed by atoms with Gasteiger partial charge >= 0.3 is 0 Å². The first-order valence-corrected chi connectivity index (χ1v) is 6.76. The van der Waals surface area contributed by atoms with Crippen LogP contribution in [0.5, 0.6) is 0 Å². The third-order valence-corrected chi connectivity index (χ3v) is 4.12. The van der Waals surface area contributed by atoms with Crippen molar-refractivity contribution in [3.8, 4) is 0 Å². The predicted octanol–water partition coefficient (Wildman–Crippen LogP) is 1.43. The van der Waals surface area contributed by atoms with Crippen LogP contribution >= 0.6 is 22.6 Å². The first-order valence-electron chi connectivity index (χ1n) is 5.69. The molecule has 1 aromatic rings. The van der Waals surface area contributed by atoms with Crippen molar-refractivity contribution in [3.63, 3.8) is 0 Å². The minimum atomic E-state index is -0.0650. The molecule has 1 atom stereocenters. The molecule has 1 amide bonds. The van der Waals surface area contributed by atoms with Gasteiger partial charge in [-0.05, 0) is 61.7 Å². The highest BCUT2D eigenvalue weighted by Crippen LogP contribution is 2.11. The standard InChI is InChI=1S/C12H16IN3O/c1-8-10(13)3-4-11(14-8)12(17)15-9-5-6-16(2)7-9/h3-4,9H,5-7H2,1-2H3,(H,15,17)/t9-/m1/s1. The molecule has 1 fully saturated rings. The molecule has 92 valence electrons. The van der Waals surface area contributed by atoms with Crippen molar-refractivity contribution < 1.29 is 4.79 Å². The first kappa shape index (κ1) is 12.8. The van der Waals surface area contributed by atoms with Crippen LogP contribution in [0.3, 0.4) is 0 Å². The zero-order chi connectivity index (χ0) is 12.4. The van der Waals surface area contributed by atoms with Crippen molar-refractivity contribution in [1.29, 1.82) is 0 Å². The summed E-state index contributed by atoms with van der Waals surface area (Å²) in [7, 11) is 2.07. The molecular weight excluding hydrogens is 329 g/mol. The Hall–Kier alpha value is -0.690. The highest BCUT2D eigenvalue weighted by molar-refractivity contribution is 14.1. The van der Waals surface area contributed by atoms with Crippen molar-refractivity contribution in [2.75, 3.05) is 20.1 Å². The SMILES string of the molecule is Cc1nc(C(=O)N[C@@H]2CCN(C)C2)ccc1I. The van der Waals surface area contributed by atoms with Crippen molar-refractivity contribution in [2.24, 2.45) is 0 Å². The molecule has 2 heterocycles. The van der Waals surface area contributed by atoms with E-state index in [9.17, 15) is 4.79 Å². The summed E-state index contributed by atoms with van der Waals surface area (Å²) in [5.74, 6) is -0.0650. The number of aromatic nitrogens is 1. The Balaban J connectivity index is 2.02. The molecule has 1 aromatic heterocycles. The molecule has 2 rings (SSSR count). The van der Waals surface area contributed by atoms with Crippen LogP contribution in [-0.2, 0) is 0 Å². The summed E-state index contributed by atoms with van der Waals surface area (Å²) >= 11 is 2.22. The van der Waals surface area contributed by atoms with E-state index in [0.29, 0.717) is 5.69 Å². The van der Waals surface area contributed by atoms with Gasteiger partial charge in [0.2, 0.25) is 0 Å². The lowest BCUT2D eigenvalue weighted by Gasteiger charge is -2.12. The largest absolute Gasteiger partial charge is 0.347 e. The Morgan fingerprint density at radius 1 is 1.59 bits per heavy atom. The maximum absolute atomic E-state index is 12.0. The summed E-state index contributed by atoms with van der Waals surface area (Å²) < 4.78 is 1.08. The number of nitrogens with zero attached hydrogens (tertiary/aromatic N) is 2. The summed E-state index contributed by atoms with van der Waals surface area (Å²) in [4.78, 5) is 18.5. The molecular formula is C12H16IN3O. The lowest BCUT2D eigenvalue weighted by Crippen LogP contribution is -2.37.